The maximum atomic E-state index is 9.00. The van der Waals surface area contributed by atoms with Crippen LogP contribution in [0.4, 0.5) is 0 Å². The van der Waals surface area contributed by atoms with Crippen molar-refractivity contribution in [1.29, 1.82) is 0 Å². The van der Waals surface area contributed by atoms with Crippen LogP contribution < -0.4 is 34.7 Å². The normalized spacial score (nSPS) is 5.95. The van der Waals surface area contributed by atoms with E-state index in [1.165, 1.54) is 0 Å². The Morgan fingerprint density at radius 3 is 0.571 bits per heavy atom. The van der Waals surface area contributed by atoms with E-state index in [2.05, 4.69) is 0 Å². The van der Waals surface area contributed by atoms with E-state index >= 15 is 0 Å². The van der Waals surface area contributed by atoms with Gasteiger partial charge in [0.25, 0.3) is 23.9 Å². The van der Waals surface area contributed by atoms with E-state index in [1.54, 1.807) is 0 Å². The van der Waals surface area contributed by atoms with Crippen LogP contribution in [0.1, 0.15) is 34.6 Å². The molecule has 0 atom stereocenters. The molecule has 0 heterocycles. The topological polar surface area (TPSA) is 189 Å². The summed E-state index contributed by atoms with van der Waals surface area (Å²) in [5.41, 5.74) is 0. The molecule has 0 fully saturated rings. The Morgan fingerprint density at radius 1 is 0.571 bits per heavy atom. The number of carboxylic acids is 5. The zero-order valence-electron chi connectivity index (χ0n) is 12.7. The monoisotopic (exact) mass is 322 g/mol. The van der Waals surface area contributed by atoms with Gasteiger partial charge in [0, 0.05) is 33.7 Å². The summed E-state index contributed by atoms with van der Waals surface area (Å²) >= 11 is 0. The van der Waals surface area contributed by atoms with Gasteiger partial charge in [-0.3, -0.25) is 19.2 Å². The van der Waals surface area contributed by atoms with Gasteiger partial charge >= 0.3 is 29.6 Å². The quantitative estimate of drug-likeness (QED) is 0.321. The van der Waals surface area contributed by atoms with E-state index in [0.717, 1.165) is 34.6 Å². The van der Waals surface area contributed by atoms with E-state index < -0.39 is 29.8 Å². The Labute approximate surface area is 143 Å². The van der Waals surface area contributed by atoms with Gasteiger partial charge in [-0.05, 0) is 6.92 Å². The molecule has 0 aliphatic carbocycles. The first-order valence-corrected chi connectivity index (χ1v) is 4.62. The van der Waals surface area contributed by atoms with Crippen molar-refractivity contribution in [3.05, 3.63) is 0 Å². The Kier molecular flexibility index (Phi) is 54.0. The molecule has 120 valence electrons. The van der Waals surface area contributed by atoms with Crippen LogP contribution in [0.5, 0.6) is 0 Å². The molecular formula is C10H19NaO10. The minimum Gasteiger partial charge on any atom is -0.550 e. The van der Waals surface area contributed by atoms with Crippen LogP contribution in [0.25, 0.3) is 0 Å². The summed E-state index contributed by atoms with van der Waals surface area (Å²) in [7, 11) is 0. The maximum Gasteiger partial charge on any atom is 1.00 e. The van der Waals surface area contributed by atoms with Crippen LogP contribution in [0.2, 0.25) is 0 Å². The molecule has 0 spiro atoms. The smallest absolute Gasteiger partial charge is 0.550 e. The van der Waals surface area contributed by atoms with E-state index in [4.69, 9.17) is 49.5 Å². The second-order valence-corrected chi connectivity index (χ2v) is 2.57. The molecule has 0 aromatic carbocycles. The fourth-order valence-electron chi connectivity index (χ4n) is 0. The molecule has 0 unspecified atom stereocenters. The maximum absolute atomic E-state index is 9.00. The van der Waals surface area contributed by atoms with Gasteiger partial charge in [-0.15, -0.1) is 0 Å². The number of carbonyl (C=O) groups excluding carboxylic acids is 1. The van der Waals surface area contributed by atoms with E-state index in [-0.39, 0.29) is 29.6 Å². The zero-order chi connectivity index (χ0) is 17.9. The first-order valence-electron chi connectivity index (χ1n) is 4.62. The van der Waals surface area contributed by atoms with Gasteiger partial charge in [-0.2, -0.15) is 0 Å². The van der Waals surface area contributed by atoms with Gasteiger partial charge in [0.05, 0.1) is 0 Å². The van der Waals surface area contributed by atoms with Gasteiger partial charge in [0.15, 0.2) is 0 Å². The molecule has 10 nitrogen and oxygen atoms in total. The number of hydrogen-bond acceptors (Lipinski definition) is 6. The molecule has 0 aliphatic heterocycles. The molecule has 0 amide bonds. The Balaban J connectivity index is -0.0000000331. The van der Waals surface area contributed by atoms with Crippen molar-refractivity contribution in [2.24, 2.45) is 0 Å². The third-order valence-electron chi connectivity index (χ3n) is 0. The van der Waals surface area contributed by atoms with Gasteiger partial charge in [-0.25, -0.2) is 0 Å². The molecule has 0 radical (unpaired) electrons. The van der Waals surface area contributed by atoms with E-state index in [0.29, 0.717) is 0 Å². The van der Waals surface area contributed by atoms with Crippen molar-refractivity contribution in [1.82, 2.24) is 0 Å². The average Bonchev–Trinajstić information content (AvgIpc) is 1.94. The summed E-state index contributed by atoms with van der Waals surface area (Å²) in [6, 6.07) is 0. The minimum absolute atomic E-state index is 0. The third-order valence-corrected chi connectivity index (χ3v) is 0. The number of carboxylic acid groups (broad SMARTS) is 5. The molecule has 0 bridgehead atoms. The number of carbonyl (C=O) groups is 5. The van der Waals surface area contributed by atoms with Crippen molar-refractivity contribution in [2.45, 2.75) is 34.6 Å². The summed E-state index contributed by atoms with van der Waals surface area (Å²) in [6.07, 6.45) is 0. The van der Waals surface area contributed by atoms with Crippen LogP contribution in [0, 0.1) is 0 Å². The third kappa shape index (κ3) is 1800. The first kappa shape index (κ1) is 36.6. The van der Waals surface area contributed by atoms with E-state index in [9.17, 15) is 0 Å². The molecule has 0 rings (SSSR count). The van der Waals surface area contributed by atoms with Crippen molar-refractivity contribution in [3.63, 3.8) is 0 Å². The standard InChI is InChI=1S/5C2H4O2.Na/c5*1-2(3)4;/h5*1H3,(H,3,4);/q;;;;;+1/p-1. The van der Waals surface area contributed by atoms with Crippen molar-refractivity contribution in [2.75, 3.05) is 0 Å². The van der Waals surface area contributed by atoms with Gasteiger partial charge < -0.3 is 30.3 Å². The summed E-state index contributed by atoms with van der Waals surface area (Å²) < 4.78 is 0. The molecule has 11 heteroatoms. The summed E-state index contributed by atoms with van der Waals surface area (Å²) in [4.78, 5) is 44.9. The number of hydrogen-bond donors (Lipinski definition) is 4. The number of aliphatic carboxylic acids is 5. The van der Waals surface area contributed by atoms with Crippen molar-refractivity contribution >= 4 is 29.8 Å². The fraction of sp³-hybridized carbons (Fsp3) is 0.500. The SMILES string of the molecule is CC(=O)O.CC(=O)O.CC(=O)O.CC(=O)O.CC(=O)[O-].[Na+]. The van der Waals surface area contributed by atoms with Crippen LogP contribution >= 0.6 is 0 Å². The molecule has 0 aromatic rings. The largest absolute Gasteiger partial charge is 1.00 e. The second kappa shape index (κ2) is 31.0. The van der Waals surface area contributed by atoms with Crippen molar-refractivity contribution in [3.8, 4) is 0 Å². The van der Waals surface area contributed by atoms with Gasteiger partial charge in [-0.1, -0.05) is 0 Å². The molecule has 0 saturated heterocycles. The molecule has 4 N–H and O–H groups in total. The molecule has 0 aromatic heterocycles. The molecule has 21 heavy (non-hydrogen) atoms. The fourth-order valence-corrected chi connectivity index (χ4v) is 0. The predicted molar refractivity (Wildman–Crippen MR) is 63.9 cm³/mol. The van der Waals surface area contributed by atoms with Crippen molar-refractivity contribution < 1.29 is 79.1 Å². The van der Waals surface area contributed by atoms with E-state index in [1.807, 2.05) is 0 Å². The summed E-state index contributed by atoms with van der Waals surface area (Å²) in [5, 5.41) is 38.6. The van der Waals surface area contributed by atoms with Gasteiger partial charge in [0.2, 0.25) is 0 Å². The van der Waals surface area contributed by atoms with Crippen LogP contribution in [-0.4, -0.2) is 50.3 Å². The van der Waals surface area contributed by atoms with Crippen LogP contribution in [0.15, 0.2) is 0 Å². The number of rotatable bonds is 0. The summed E-state index contributed by atoms with van der Waals surface area (Å²) in [6.45, 7) is 5.31. The zero-order valence-corrected chi connectivity index (χ0v) is 14.7. The Morgan fingerprint density at radius 2 is 0.571 bits per heavy atom. The molecular weight excluding hydrogens is 303 g/mol. The molecule has 0 aliphatic rings. The molecule has 0 saturated carbocycles. The van der Waals surface area contributed by atoms with Crippen LogP contribution in [0.3, 0.4) is 0 Å². The van der Waals surface area contributed by atoms with Crippen LogP contribution in [-0.2, 0) is 24.0 Å². The predicted octanol–water partition coefficient (Wildman–Crippen LogP) is -3.88. The first-order chi connectivity index (χ1) is 8.66. The second-order valence-electron chi connectivity index (χ2n) is 2.57. The Hall–Kier alpha value is -1.65. The van der Waals surface area contributed by atoms with Gasteiger partial charge in [0.1, 0.15) is 0 Å². The average molecular weight is 322 g/mol. The minimum atomic E-state index is -1.08. The summed E-state index contributed by atoms with van der Waals surface area (Å²) in [5.74, 6) is -4.42. The Bertz CT molecular complexity index is 211.